The van der Waals surface area contributed by atoms with E-state index in [1.165, 1.54) is 5.39 Å². The van der Waals surface area contributed by atoms with Crippen LogP contribution >= 0.6 is 11.6 Å². The summed E-state index contributed by atoms with van der Waals surface area (Å²) in [6.07, 6.45) is 4.13. The number of nitrogens with one attached hydrogen (secondary N) is 1. The summed E-state index contributed by atoms with van der Waals surface area (Å²) in [5, 5.41) is 6.48. The van der Waals surface area contributed by atoms with Crippen molar-refractivity contribution in [3.63, 3.8) is 0 Å². The Morgan fingerprint density at radius 2 is 2.06 bits per heavy atom. The van der Waals surface area contributed by atoms with Crippen LogP contribution in [-0.4, -0.2) is 13.1 Å². The summed E-state index contributed by atoms with van der Waals surface area (Å²) < 4.78 is 5.72. The van der Waals surface area contributed by atoms with Gasteiger partial charge < -0.3 is 9.73 Å². The highest BCUT2D eigenvalue weighted by atomic mass is 35.5. The maximum Gasteiger partial charge on any atom is 0.114 e. The molecule has 2 nitrogen and oxygen atoms in total. The van der Waals surface area contributed by atoms with Crippen molar-refractivity contribution in [2.24, 2.45) is 0 Å². The Balaban J connectivity index is 2.05. The number of rotatable bonds is 1. The van der Waals surface area contributed by atoms with E-state index < -0.39 is 0 Å². The zero-order valence-corrected chi connectivity index (χ0v) is 9.76. The Morgan fingerprint density at radius 3 is 2.88 bits per heavy atom. The van der Waals surface area contributed by atoms with Crippen molar-refractivity contribution >= 4 is 22.4 Å². The summed E-state index contributed by atoms with van der Waals surface area (Å²) >= 11 is 6.03. The SMILES string of the molecule is Clc1ccc2coc(C3CCNCC3)c2c1. The van der Waals surface area contributed by atoms with Crippen LogP contribution in [0.25, 0.3) is 10.8 Å². The third-order valence-corrected chi connectivity index (χ3v) is 3.54. The predicted octanol–water partition coefficient (Wildman–Crippen LogP) is 3.55. The van der Waals surface area contributed by atoms with Gasteiger partial charge in [-0.1, -0.05) is 11.6 Å². The lowest BCUT2D eigenvalue weighted by molar-refractivity contribution is 0.389. The monoisotopic (exact) mass is 235 g/mol. The first-order valence-electron chi connectivity index (χ1n) is 5.72. The number of fused-ring (bicyclic) bond motifs is 1. The summed E-state index contributed by atoms with van der Waals surface area (Å²) in [7, 11) is 0. The Hall–Kier alpha value is -0.990. The Bertz CT molecular complexity index is 500. The van der Waals surface area contributed by atoms with E-state index in [0.29, 0.717) is 5.92 Å². The molecule has 1 fully saturated rings. The highest BCUT2D eigenvalue weighted by molar-refractivity contribution is 6.31. The molecule has 3 rings (SSSR count). The first-order valence-corrected chi connectivity index (χ1v) is 6.10. The third kappa shape index (κ3) is 1.72. The van der Waals surface area contributed by atoms with Gasteiger partial charge >= 0.3 is 0 Å². The molecule has 0 amide bonds. The van der Waals surface area contributed by atoms with E-state index in [0.717, 1.165) is 42.1 Å². The van der Waals surface area contributed by atoms with Gasteiger partial charge in [-0.05, 0) is 44.1 Å². The van der Waals surface area contributed by atoms with E-state index in [4.69, 9.17) is 16.0 Å². The van der Waals surface area contributed by atoms with Gasteiger partial charge in [-0.2, -0.15) is 0 Å². The van der Waals surface area contributed by atoms with E-state index >= 15 is 0 Å². The minimum atomic E-state index is 0.539. The molecule has 1 saturated heterocycles. The summed E-state index contributed by atoms with van der Waals surface area (Å²) in [4.78, 5) is 0. The average Bonchev–Trinajstić information content (AvgIpc) is 2.73. The topological polar surface area (TPSA) is 25.2 Å². The van der Waals surface area contributed by atoms with Crippen LogP contribution in [0, 0.1) is 0 Å². The van der Waals surface area contributed by atoms with Crippen molar-refractivity contribution in [2.75, 3.05) is 13.1 Å². The molecule has 0 atom stereocenters. The molecule has 0 radical (unpaired) electrons. The second-order valence-electron chi connectivity index (χ2n) is 4.36. The average molecular weight is 236 g/mol. The summed E-state index contributed by atoms with van der Waals surface area (Å²) in [6.45, 7) is 2.15. The molecule has 0 unspecified atom stereocenters. The number of hydrogen-bond donors (Lipinski definition) is 1. The number of piperidine rings is 1. The molecule has 1 aliphatic rings. The Kier molecular flexibility index (Phi) is 2.62. The third-order valence-electron chi connectivity index (χ3n) is 3.30. The maximum absolute atomic E-state index is 6.03. The standard InChI is InChI=1S/C13H14ClNO/c14-11-2-1-10-8-16-13(12(10)7-11)9-3-5-15-6-4-9/h1-2,7-9,15H,3-6H2. The van der Waals surface area contributed by atoms with Crippen LogP contribution in [0.5, 0.6) is 0 Å². The van der Waals surface area contributed by atoms with Crippen LogP contribution in [0.3, 0.4) is 0 Å². The van der Waals surface area contributed by atoms with Gasteiger partial charge in [0.15, 0.2) is 0 Å². The van der Waals surface area contributed by atoms with Crippen molar-refractivity contribution in [2.45, 2.75) is 18.8 Å². The van der Waals surface area contributed by atoms with Gasteiger partial charge in [0.1, 0.15) is 5.76 Å². The van der Waals surface area contributed by atoms with Crippen LogP contribution in [0.1, 0.15) is 24.5 Å². The fraction of sp³-hybridized carbons (Fsp3) is 0.385. The van der Waals surface area contributed by atoms with Crippen LogP contribution in [-0.2, 0) is 0 Å². The number of halogens is 1. The van der Waals surface area contributed by atoms with Gasteiger partial charge in [0.25, 0.3) is 0 Å². The Morgan fingerprint density at radius 1 is 1.25 bits per heavy atom. The molecule has 2 heterocycles. The number of benzene rings is 1. The quantitative estimate of drug-likeness (QED) is 0.818. The predicted molar refractivity (Wildman–Crippen MR) is 66.1 cm³/mol. The molecule has 1 aromatic heterocycles. The normalized spacial score (nSPS) is 18.1. The summed E-state index contributed by atoms with van der Waals surface area (Å²) in [6, 6.07) is 5.94. The van der Waals surface area contributed by atoms with Gasteiger partial charge in [0.2, 0.25) is 0 Å². The molecule has 1 aliphatic heterocycles. The molecule has 1 N–H and O–H groups in total. The molecule has 0 saturated carbocycles. The molecule has 1 aromatic carbocycles. The van der Waals surface area contributed by atoms with Crippen molar-refractivity contribution in [1.82, 2.24) is 5.32 Å². The minimum Gasteiger partial charge on any atom is -0.468 e. The first-order chi connectivity index (χ1) is 7.84. The second kappa shape index (κ2) is 4.11. The highest BCUT2D eigenvalue weighted by Crippen LogP contribution is 2.34. The molecule has 16 heavy (non-hydrogen) atoms. The van der Waals surface area contributed by atoms with Crippen LogP contribution < -0.4 is 5.32 Å². The molecule has 2 aromatic rings. The lowest BCUT2D eigenvalue weighted by Crippen LogP contribution is -2.26. The van der Waals surface area contributed by atoms with Gasteiger partial charge in [0.05, 0.1) is 6.26 Å². The molecule has 84 valence electrons. The lowest BCUT2D eigenvalue weighted by Gasteiger charge is -2.20. The molecule has 0 bridgehead atoms. The van der Waals surface area contributed by atoms with E-state index in [-0.39, 0.29) is 0 Å². The van der Waals surface area contributed by atoms with E-state index in [1.807, 2.05) is 24.5 Å². The zero-order valence-electron chi connectivity index (χ0n) is 9.00. The molecular formula is C13H14ClNO. The fourth-order valence-corrected chi connectivity index (χ4v) is 2.61. The smallest absolute Gasteiger partial charge is 0.114 e. The van der Waals surface area contributed by atoms with Crippen molar-refractivity contribution < 1.29 is 4.42 Å². The van der Waals surface area contributed by atoms with Gasteiger partial charge in [-0.15, -0.1) is 0 Å². The highest BCUT2D eigenvalue weighted by Gasteiger charge is 2.20. The summed E-state index contributed by atoms with van der Waals surface area (Å²) in [5.74, 6) is 1.65. The first kappa shape index (κ1) is 10.2. The van der Waals surface area contributed by atoms with Crippen molar-refractivity contribution in [1.29, 1.82) is 0 Å². The largest absolute Gasteiger partial charge is 0.468 e. The van der Waals surface area contributed by atoms with E-state index in [2.05, 4.69) is 5.32 Å². The van der Waals surface area contributed by atoms with Crippen LogP contribution in [0.4, 0.5) is 0 Å². The molecule has 3 heteroatoms. The van der Waals surface area contributed by atoms with Gasteiger partial charge in [-0.3, -0.25) is 0 Å². The van der Waals surface area contributed by atoms with Crippen LogP contribution in [0.2, 0.25) is 5.02 Å². The molecule has 0 spiro atoms. The fourth-order valence-electron chi connectivity index (χ4n) is 2.44. The van der Waals surface area contributed by atoms with Gasteiger partial charge in [0, 0.05) is 21.7 Å². The number of furan rings is 1. The van der Waals surface area contributed by atoms with Gasteiger partial charge in [-0.25, -0.2) is 0 Å². The minimum absolute atomic E-state index is 0.539. The van der Waals surface area contributed by atoms with E-state index in [9.17, 15) is 0 Å². The molecule has 0 aliphatic carbocycles. The molecular weight excluding hydrogens is 222 g/mol. The zero-order chi connectivity index (χ0) is 11.0. The maximum atomic E-state index is 6.03. The number of hydrogen-bond acceptors (Lipinski definition) is 2. The van der Waals surface area contributed by atoms with E-state index in [1.54, 1.807) is 0 Å². The van der Waals surface area contributed by atoms with Crippen molar-refractivity contribution in [3.05, 3.63) is 35.2 Å². The second-order valence-corrected chi connectivity index (χ2v) is 4.79. The van der Waals surface area contributed by atoms with Crippen LogP contribution in [0.15, 0.2) is 28.9 Å². The van der Waals surface area contributed by atoms with Crippen molar-refractivity contribution in [3.8, 4) is 0 Å². The lowest BCUT2D eigenvalue weighted by atomic mass is 9.93. The Labute approximate surface area is 99.6 Å². The summed E-state index contributed by atoms with van der Waals surface area (Å²) in [5.41, 5.74) is 0.